The molecule has 3 nitrogen and oxygen atoms in total. The summed E-state index contributed by atoms with van der Waals surface area (Å²) in [5.41, 5.74) is 5.93. The molecule has 17 heavy (non-hydrogen) atoms. The normalized spacial score (nSPS) is 20.4. The van der Waals surface area contributed by atoms with Crippen LogP contribution in [-0.2, 0) is 4.79 Å². The van der Waals surface area contributed by atoms with Crippen LogP contribution in [0.15, 0.2) is 0 Å². The number of amides is 1. The third-order valence-electron chi connectivity index (χ3n) is 4.00. The zero-order chi connectivity index (χ0) is 13.1. The van der Waals surface area contributed by atoms with Crippen molar-refractivity contribution in [3.8, 4) is 0 Å². The molecule has 0 aromatic carbocycles. The zero-order valence-corrected chi connectivity index (χ0v) is 11.8. The molecule has 0 aromatic heterocycles. The molecule has 1 rings (SSSR count). The van der Waals surface area contributed by atoms with Crippen molar-refractivity contribution in [1.82, 2.24) is 4.90 Å². The lowest BCUT2D eigenvalue weighted by Crippen LogP contribution is -2.42. The molecule has 1 amide bonds. The van der Waals surface area contributed by atoms with Crippen LogP contribution in [-0.4, -0.2) is 30.4 Å². The number of likely N-dealkylation sites (tertiary alicyclic amines) is 1. The van der Waals surface area contributed by atoms with E-state index < -0.39 is 0 Å². The fraction of sp³-hybridized carbons (Fsp3) is 0.929. The van der Waals surface area contributed by atoms with Gasteiger partial charge in [0.2, 0.25) is 5.91 Å². The molecule has 0 radical (unpaired) electrons. The first kappa shape index (κ1) is 14.5. The molecule has 0 spiro atoms. The van der Waals surface area contributed by atoms with Crippen LogP contribution < -0.4 is 5.73 Å². The summed E-state index contributed by atoms with van der Waals surface area (Å²) in [5.74, 6) is 1.34. The van der Waals surface area contributed by atoms with Crippen LogP contribution in [0.4, 0.5) is 0 Å². The fourth-order valence-corrected chi connectivity index (χ4v) is 2.51. The third kappa shape index (κ3) is 4.30. The van der Waals surface area contributed by atoms with Gasteiger partial charge in [-0.2, -0.15) is 0 Å². The molecule has 100 valence electrons. The number of rotatable bonds is 3. The standard InChI is InChI=1S/C14H28N2O/c1-11(10-15)9-13(17)16-7-5-12(6-8-16)14(2,3)4/h11-12H,5-10,15H2,1-4H3. The Morgan fingerprint density at radius 1 is 1.35 bits per heavy atom. The molecular formula is C14H28N2O. The quantitative estimate of drug-likeness (QED) is 0.822. The van der Waals surface area contributed by atoms with Crippen molar-refractivity contribution in [2.75, 3.05) is 19.6 Å². The second-order valence-corrected chi connectivity index (χ2v) is 6.57. The molecule has 1 aliphatic heterocycles. The summed E-state index contributed by atoms with van der Waals surface area (Å²) < 4.78 is 0. The van der Waals surface area contributed by atoms with Gasteiger partial charge in [-0.05, 0) is 36.6 Å². The molecule has 0 aliphatic carbocycles. The lowest BCUT2D eigenvalue weighted by Gasteiger charge is -2.39. The van der Waals surface area contributed by atoms with Gasteiger partial charge in [0.25, 0.3) is 0 Å². The number of carbonyl (C=O) groups is 1. The predicted octanol–water partition coefficient (Wildman–Crippen LogP) is 2.26. The number of piperidine rings is 1. The summed E-state index contributed by atoms with van der Waals surface area (Å²) in [7, 11) is 0. The highest BCUT2D eigenvalue weighted by molar-refractivity contribution is 5.76. The van der Waals surface area contributed by atoms with Crippen molar-refractivity contribution in [2.45, 2.75) is 47.0 Å². The molecule has 1 atom stereocenters. The van der Waals surface area contributed by atoms with Gasteiger partial charge in [0.1, 0.15) is 0 Å². The van der Waals surface area contributed by atoms with Gasteiger partial charge in [-0.1, -0.05) is 27.7 Å². The summed E-state index contributed by atoms with van der Waals surface area (Å²) in [5, 5.41) is 0. The van der Waals surface area contributed by atoms with E-state index in [0.717, 1.165) is 31.8 Å². The molecule has 1 unspecified atom stereocenters. The largest absolute Gasteiger partial charge is 0.343 e. The Labute approximate surface area is 106 Å². The van der Waals surface area contributed by atoms with Crippen LogP contribution in [0.1, 0.15) is 47.0 Å². The number of nitrogens with zero attached hydrogens (tertiary/aromatic N) is 1. The Morgan fingerprint density at radius 2 is 1.88 bits per heavy atom. The van der Waals surface area contributed by atoms with Gasteiger partial charge >= 0.3 is 0 Å². The van der Waals surface area contributed by atoms with Crippen LogP contribution in [0, 0.1) is 17.3 Å². The van der Waals surface area contributed by atoms with Gasteiger partial charge in [-0.3, -0.25) is 4.79 Å². The van der Waals surface area contributed by atoms with Crippen molar-refractivity contribution < 1.29 is 4.79 Å². The van der Waals surface area contributed by atoms with Gasteiger partial charge in [-0.25, -0.2) is 0 Å². The minimum absolute atomic E-state index is 0.287. The van der Waals surface area contributed by atoms with Crippen molar-refractivity contribution >= 4 is 5.91 Å². The summed E-state index contributed by atoms with van der Waals surface area (Å²) in [6.45, 7) is 11.4. The van der Waals surface area contributed by atoms with Gasteiger partial charge < -0.3 is 10.6 Å². The second kappa shape index (κ2) is 5.85. The Balaban J connectivity index is 2.39. The first-order valence-corrected chi connectivity index (χ1v) is 6.82. The van der Waals surface area contributed by atoms with Crippen molar-refractivity contribution in [2.24, 2.45) is 23.0 Å². The van der Waals surface area contributed by atoms with Crippen LogP contribution in [0.3, 0.4) is 0 Å². The molecule has 0 saturated carbocycles. The first-order valence-electron chi connectivity index (χ1n) is 6.82. The van der Waals surface area contributed by atoms with Gasteiger partial charge in [0, 0.05) is 19.5 Å². The topological polar surface area (TPSA) is 46.3 Å². The minimum atomic E-state index is 0.287. The highest BCUT2D eigenvalue weighted by Crippen LogP contribution is 2.34. The van der Waals surface area contributed by atoms with Crippen LogP contribution in [0.5, 0.6) is 0 Å². The number of hydrogen-bond acceptors (Lipinski definition) is 2. The van der Waals surface area contributed by atoms with Crippen LogP contribution in [0.25, 0.3) is 0 Å². The number of nitrogens with two attached hydrogens (primary N) is 1. The zero-order valence-electron chi connectivity index (χ0n) is 11.8. The monoisotopic (exact) mass is 240 g/mol. The Bertz CT molecular complexity index is 249. The van der Waals surface area contributed by atoms with Gasteiger partial charge in [0.15, 0.2) is 0 Å². The summed E-state index contributed by atoms with van der Waals surface area (Å²) in [6.07, 6.45) is 2.90. The summed E-state index contributed by atoms with van der Waals surface area (Å²) in [6, 6.07) is 0. The molecule has 1 fully saturated rings. The van der Waals surface area contributed by atoms with Crippen molar-refractivity contribution in [3.63, 3.8) is 0 Å². The molecule has 1 saturated heterocycles. The minimum Gasteiger partial charge on any atom is -0.343 e. The van der Waals surface area contributed by atoms with E-state index in [1.807, 2.05) is 11.8 Å². The van der Waals surface area contributed by atoms with Gasteiger partial charge in [0.05, 0.1) is 0 Å². The maximum absolute atomic E-state index is 12.0. The lowest BCUT2D eigenvalue weighted by molar-refractivity contribution is -0.134. The summed E-state index contributed by atoms with van der Waals surface area (Å²) >= 11 is 0. The maximum atomic E-state index is 12.0. The highest BCUT2D eigenvalue weighted by Gasteiger charge is 2.30. The SMILES string of the molecule is CC(CN)CC(=O)N1CCC(C(C)(C)C)CC1. The average molecular weight is 240 g/mol. The maximum Gasteiger partial charge on any atom is 0.222 e. The number of hydrogen-bond donors (Lipinski definition) is 1. The van der Waals surface area contributed by atoms with Gasteiger partial charge in [-0.15, -0.1) is 0 Å². The fourth-order valence-electron chi connectivity index (χ4n) is 2.51. The first-order chi connectivity index (χ1) is 7.84. The van der Waals surface area contributed by atoms with Crippen LogP contribution >= 0.6 is 0 Å². The van der Waals surface area contributed by atoms with Crippen molar-refractivity contribution in [3.05, 3.63) is 0 Å². The molecule has 0 aromatic rings. The third-order valence-corrected chi connectivity index (χ3v) is 4.00. The second-order valence-electron chi connectivity index (χ2n) is 6.57. The van der Waals surface area contributed by atoms with E-state index in [4.69, 9.17) is 5.73 Å². The van der Waals surface area contributed by atoms with E-state index in [0.29, 0.717) is 24.3 Å². The molecule has 2 N–H and O–H groups in total. The average Bonchev–Trinajstić information content (AvgIpc) is 2.27. The molecular weight excluding hydrogens is 212 g/mol. The lowest BCUT2D eigenvalue weighted by atomic mass is 9.75. The van der Waals surface area contributed by atoms with E-state index in [2.05, 4.69) is 20.8 Å². The molecule has 1 aliphatic rings. The van der Waals surface area contributed by atoms with E-state index >= 15 is 0 Å². The highest BCUT2D eigenvalue weighted by atomic mass is 16.2. The Morgan fingerprint density at radius 3 is 2.29 bits per heavy atom. The smallest absolute Gasteiger partial charge is 0.222 e. The van der Waals surface area contributed by atoms with E-state index in [9.17, 15) is 4.79 Å². The molecule has 3 heteroatoms. The molecule has 1 heterocycles. The Kier molecular flexibility index (Phi) is 4.99. The van der Waals surface area contributed by atoms with E-state index in [-0.39, 0.29) is 5.91 Å². The van der Waals surface area contributed by atoms with Crippen LogP contribution in [0.2, 0.25) is 0 Å². The number of carbonyl (C=O) groups excluding carboxylic acids is 1. The van der Waals surface area contributed by atoms with Crippen molar-refractivity contribution in [1.29, 1.82) is 0 Å². The van der Waals surface area contributed by atoms with E-state index in [1.165, 1.54) is 0 Å². The summed E-state index contributed by atoms with van der Waals surface area (Å²) in [4.78, 5) is 14.0. The van der Waals surface area contributed by atoms with E-state index in [1.54, 1.807) is 0 Å². The molecule has 0 bridgehead atoms. The Hall–Kier alpha value is -0.570. The predicted molar refractivity (Wildman–Crippen MR) is 71.6 cm³/mol.